The van der Waals surface area contributed by atoms with Gasteiger partial charge in [-0.25, -0.2) is 4.98 Å². The third kappa shape index (κ3) is 4.66. The van der Waals surface area contributed by atoms with Gasteiger partial charge in [0.05, 0.1) is 12.1 Å². The van der Waals surface area contributed by atoms with Gasteiger partial charge in [0.15, 0.2) is 5.65 Å². The predicted molar refractivity (Wildman–Crippen MR) is 139 cm³/mol. The van der Waals surface area contributed by atoms with E-state index in [1.807, 2.05) is 72.2 Å². The second kappa shape index (κ2) is 9.85. The largest absolute Gasteiger partial charge is 0.375 e. The molecule has 3 aromatic heterocycles. The number of aromatic nitrogens is 3. The van der Waals surface area contributed by atoms with Crippen LogP contribution in [-0.2, 0) is 6.54 Å². The van der Waals surface area contributed by atoms with Crippen molar-refractivity contribution in [1.29, 1.82) is 0 Å². The summed E-state index contributed by atoms with van der Waals surface area (Å²) in [6, 6.07) is 25.1. The lowest BCUT2D eigenvalue weighted by Gasteiger charge is -2.19. The second-order valence-electron chi connectivity index (χ2n) is 8.56. The molecular weight excluding hydrogens is 438 g/mol. The van der Waals surface area contributed by atoms with Crippen LogP contribution < -0.4 is 15.8 Å². The van der Waals surface area contributed by atoms with Gasteiger partial charge in [-0.15, -0.1) is 0 Å². The number of benzene rings is 2. The lowest BCUT2D eigenvalue weighted by molar-refractivity contribution is 0.0953. The molecule has 0 bridgehead atoms. The SMILES string of the molecule is CN(CCCNC(=O)c1ccc(Cn2c(=O)c3cccn3c3cccnc32)cc1)c1ccccc1. The number of fused-ring (bicyclic) bond motifs is 3. The van der Waals surface area contributed by atoms with E-state index in [4.69, 9.17) is 0 Å². The molecule has 0 aliphatic heterocycles. The summed E-state index contributed by atoms with van der Waals surface area (Å²) in [4.78, 5) is 32.3. The minimum Gasteiger partial charge on any atom is -0.375 e. The summed E-state index contributed by atoms with van der Waals surface area (Å²) >= 11 is 0. The van der Waals surface area contributed by atoms with Crippen molar-refractivity contribution >= 4 is 28.3 Å². The number of nitrogens with zero attached hydrogens (tertiary/aromatic N) is 4. The normalized spacial score (nSPS) is 11.1. The van der Waals surface area contributed by atoms with E-state index in [0.29, 0.717) is 29.8 Å². The van der Waals surface area contributed by atoms with Crippen LogP contribution in [0.5, 0.6) is 0 Å². The molecular formula is C28H27N5O2. The zero-order chi connectivity index (χ0) is 24.2. The summed E-state index contributed by atoms with van der Waals surface area (Å²) < 4.78 is 3.55. The number of hydrogen-bond acceptors (Lipinski definition) is 4. The van der Waals surface area contributed by atoms with Gasteiger partial charge in [-0.05, 0) is 60.5 Å². The Morgan fingerprint density at radius 3 is 2.51 bits per heavy atom. The van der Waals surface area contributed by atoms with Crippen LogP contribution in [-0.4, -0.2) is 40.0 Å². The van der Waals surface area contributed by atoms with E-state index in [9.17, 15) is 9.59 Å². The number of rotatable bonds is 8. The van der Waals surface area contributed by atoms with Gasteiger partial charge in [-0.2, -0.15) is 0 Å². The molecule has 0 atom stereocenters. The van der Waals surface area contributed by atoms with Crippen molar-refractivity contribution in [3.63, 3.8) is 0 Å². The van der Waals surface area contributed by atoms with E-state index in [-0.39, 0.29) is 11.5 Å². The average molecular weight is 466 g/mol. The third-order valence-corrected chi connectivity index (χ3v) is 6.20. The zero-order valence-corrected chi connectivity index (χ0v) is 19.6. The molecule has 0 spiro atoms. The Kier molecular flexibility index (Phi) is 6.30. The molecule has 176 valence electrons. The van der Waals surface area contributed by atoms with Gasteiger partial charge in [0.25, 0.3) is 11.5 Å². The summed E-state index contributed by atoms with van der Waals surface area (Å²) in [5.74, 6) is -0.0993. The highest BCUT2D eigenvalue weighted by Gasteiger charge is 2.12. The van der Waals surface area contributed by atoms with Gasteiger partial charge in [0.2, 0.25) is 0 Å². The quantitative estimate of drug-likeness (QED) is 0.352. The van der Waals surface area contributed by atoms with Crippen molar-refractivity contribution in [2.45, 2.75) is 13.0 Å². The van der Waals surface area contributed by atoms with Crippen molar-refractivity contribution in [1.82, 2.24) is 19.3 Å². The predicted octanol–water partition coefficient (Wildman–Crippen LogP) is 3.95. The maximum absolute atomic E-state index is 13.1. The molecule has 7 nitrogen and oxygen atoms in total. The van der Waals surface area contributed by atoms with Gasteiger partial charge in [-0.1, -0.05) is 30.3 Å². The number of carbonyl (C=O) groups excluding carboxylic acids is 1. The molecule has 0 unspecified atom stereocenters. The molecule has 35 heavy (non-hydrogen) atoms. The number of pyridine rings is 1. The number of anilines is 1. The molecule has 2 aromatic carbocycles. The highest BCUT2D eigenvalue weighted by Crippen LogP contribution is 2.15. The highest BCUT2D eigenvalue weighted by atomic mass is 16.1. The Hall–Kier alpha value is -4.39. The molecule has 7 heteroatoms. The first-order chi connectivity index (χ1) is 17.1. The molecule has 0 fully saturated rings. The van der Waals surface area contributed by atoms with E-state index in [2.05, 4.69) is 27.3 Å². The molecule has 0 saturated heterocycles. The fraction of sp³-hybridized carbons (Fsp3) is 0.179. The van der Waals surface area contributed by atoms with Gasteiger partial charge < -0.3 is 14.6 Å². The Balaban J connectivity index is 1.23. The maximum Gasteiger partial charge on any atom is 0.276 e. The van der Waals surface area contributed by atoms with Gasteiger partial charge in [0.1, 0.15) is 5.52 Å². The molecule has 0 saturated carbocycles. The van der Waals surface area contributed by atoms with Crippen LogP contribution in [0.1, 0.15) is 22.3 Å². The summed E-state index contributed by atoms with van der Waals surface area (Å²) in [6.45, 7) is 1.83. The van der Waals surface area contributed by atoms with Crippen LogP contribution in [0.15, 0.2) is 96.1 Å². The Morgan fingerprint density at radius 1 is 0.943 bits per heavy atom. The summed E-state index contributed by atoms with van der Waals surface area (Å²) in [7, 11) is 2.05. The molecule has 1 amide bonds. The number of carbonyl (C=O) groups is 1. The lowest BCUT2D eigenvalue weighted by Crippen LogP contribution is -2.28. The molecule has 0 aliphatic carbocycles. The van der Waals surface area contributed by atoms with E-state index in [0.717, 1.165) is 29.7 Å². The van der Waals surface area contributed by atoms with E-state index in [1.54, 1.807) is 22.9 Å². The lowest BCUT2D eigenvalue weighted by atomic mass is 10.1. The minimum atomic E-state index is -0.0993. The number of amides is 1. The summed E-state index contributed by atoms with van der Waals surface area (Å²) in [6.07, 6.45) is 4.41. The molecule has 1 N–H and O–H groups in total. The third-order valence-electron chi connectivity index (χ3n) is 6.20. The van der Waals surface area contributed by atoms with E-state index in [1.165, 1.54) is 0 Å². The van der Waals surface area contributed by atoms with Crippen molar-refractivity contribution in [2.24, 2.45) is 0 Å². The number of hydrogen-bond donors (Lipinski definition) is 1. The molecule has 3 heterocycles. The van der Waals surface area contributed by atoms with Crippen LogP contribution in [0, 0.1) is 0 Å². The number of para-hydroxylation sites is 1. The van der Waals surface area contributed by atoms with Crippen LogP contribution in [0.25, 0.3) is 16.7 Å². The molecule has 0 radical (unpaired) electrons. The Morgan fingerprint density at radius 2 is 1.71 bits per heavy atom. The van der Waals surface area contributed by atoms with Crippen molar-refractivity contribution in [3.8, 4) is 0 Å². The smallest absolute Gasteiger partial charge is 0.276 e. The fourth-order valence-corrected chi connectivity index (χ4v) is 4.31. The van der Waals surface area contributed by atoms with Crippen molar-refractivity contribution in [2.75, 3.05) is 25.0 Å². The Labute approximate surface area is 203 Å². The zero-order valence-electron chi connectivity index (χ0n) is 19.6. The van der Waals surface area contributed by atoms with Crippen LogP contribution >= 0.6 is 0 Å². The van der Waals surface area contributed by atoms with Crippen LogP contribution in [0.2, 0.25) is 0 Å². The van der Waals surface area contributed by atoms with Crippen LogP contribution in [0.4, 0.5) is 5.69 Å². The van der Waals surface area contributed by atoms with Gasteiger partial charge >= 0.3 is 0 Å². The van der Waals surface area contributed by atoms with Gasteiger partial charge in [-0.3, -0.25) is 14.2 Å². The van der Waals surface area contributed by atoms with Crippen LogP contribution in [0.3, 0.4) is 0 Å². The molecule has 5 rings (SSSR count). The maximum atomic E-state index is 13.1. The second-order valence-corrected chi connectivity index (χ2v) is 8.56. The molecule has 0 aliphatic rings. The molecule has 5 aromatic rings. The van der Waals surface area contributed by atoms with Crippen molar-refractivity contribution in [3.05, 3.63) is 113 Å². The standard InChI is InChI=1S/C28H27N5O2/c1-31(23-8-3-2-4-9-23)18-7-17-30-27(34)22-14-12-21(13-15-22)20-33-26-24(10-5-16-29-26)32-19-6-11-25(32)28(33)35/h2-6,8-16,19H,7,17-18,20H2,1H3,(H,30,34). The average Bonchev–Trinajstić information content (AvgIpc) is 3.40. The summed E-state index contributed by atoms with van der Waals surface area (Å²) in [5, 5.41) is 2.99. The van der Waals surface area contributed by atoms with Gasteiger partial charge in [0, 0.05) is 43.8 Å². The summed E-state index contributed by atoms with van der Waals surface area (Å²) in [5.41, 5.74) is 4.71. The van der Waals surface area contributed by atoms with E-state index < -0.39 is 0 Å². The topological polar surface area (TPSA) is 71.6 Å². The van der Waals surface area contributed by atoms with E-state index >= 15 is 0 Å². The highest BCUT2D eigenvalue weighted by molar-refractivity contribution is 5.94. The van der Waals surface area contributed by atoms with Crippen molar-refractivity contribution < 1.29 is 4.79 Å². The minimum absolute atomic E-state index is 0.0940. The number of nitrogens with one attached hydrogen (secondary N) is 1. The Bertz CT molecular complexity index is 1520. The first kappa shape index (κ1) is 22.4. The monoisotopic (exact) mass is 465 g/mol. The first-order valence-corrected chi connectivity index (χ1v) is 11.7. The first-order valence-electron chi connectivity index (χ1n) is 11.7. The fourth-order valence-electron chi connectivity index (χ4n) is 4.31.